The Balaban J connectivity index is 1.90. The Hall–Kier alpha value is -0.920. The number of hydrogen-bond acceptors (Lipinski definition) is 5. The van der Waals surface area contributed by atoms with E-state index in [1.807, 2.05) is 6.92 Å². The minimum atomic E-state index is -2.91. The third kappa shape index (κ3) is 5.07. The molecule has 1 N–H and O–H groups in total. The van der Waals surface area contributed by atoms with E-state index in [0.717, 1.165) is 0 Å². The Bertz CT molecular complexity index is 648. The van der Waals surface area contributed by atoms with Crippen LogP contribution >= 0.6 is 23.4 Å². The highest BCUT2D eigenvalue weighted by atomic mass is 35.5. The zero-order valence-electron chi connectivity index (χ0n) is 12.2. The molecule has 0 bridgehead atoms. The first-order chi connectivity index (χ1) is 10.4. The molecule has 1 atom stereocenters. The van der Waals surface area contributed by atoms with Crippen LogP contribution in [0.3, 0.4) is 0 Å². The second-order valence-corrected chi connectivity index (χ2v) is 8.91. The van der Waals surface area contributed by atoms with Crippen LogP contribution in [-0.2, 0) is 14.6 Å². The van der Waals surface area contributed by atoms with Gasteiger partial charge in [0.25, 0.3) is 0 Å². The fraction of sp³-hybridized carbons (Fsp3) is 0.500. The van der Waals surface area contributed by atoms with Crippen LogP contribution in [0.4, 0.5) is 5.69 Å². The molecule has 0 saturated carbocycles. The van der Waals surface area contributed by atoms with Crippen LogP contribution in [0.15, 0.2) is 18.2 Å². The second kappa shape index (κ2) is 7.57. The summed E-state index contributed by atoms with van der Waals surface area (Å²) in [6, 6.07) is 5.04. The molecule has 0 radical (unpaired) electrons. The minimum absolute atomic E-state index is 0.00136. The van der Waals surface area contributed by atoms with E-state index in [4.69, 9.17) is 16.3 Å². The van der Waals surface area contributed by atoms with Crippen molar-refractivity contribution in [3.05, 3.63) is 23.2 Å². The van der Waals surface area contributed by atoms with E-state index in [0.29, 0.717) is 29.5 Å². The van der Waals surface area contributed by atoms with E-state index in [-0.39, 0.29) is 28.4 Å². The van der Waals surface area contributed by atoms with Crippen LogP contribution in [-0.4, -0.2) is 43.4 Å². The smallest absolute Gasteiger partial charge is 0.234 e. The summed E-state index contributed by atoms with van der Waals surface area (Å²) in [6.45, 7) is 2.34. The molecule has 1 aliphatic rings. The van der Waals surface area contributed by atoms with Crippen LogP contribution in [0, 0.1) is 0 Å². The van der Waals surface area contributed by atoms with Gasteiger partial charge in [-0.1, -0.05) is 11.6 Å². The first kappa shape index (κ1) is 17.4. The molecule has 0 spiro atoms. The predicted octanol–water partition coefficient (Wildman–Crippen LogP) is 2.60. The summed E-state index contributed by atoms with van der Waals surface area (Å²) in [4.78, 5) is 12.0. The van der Waals surface area contributed by atoms with Crippen LogP contribution in [0.5, 0.6) is 5.75 Å². The highest BCUT2D eigenvalue weighted by Crippen LogP contribution is 2.29. The van der Waals surface area contributed by atoms with Gasteiger partial charge in [0.15, 0.2) is 9.84 Å². The Morgan fingerprint density at radius 2 is 2.27 bits per heavy atom. The van der Waals surface area contributed by atoms with Gasteiger partial charge in [-0.2, -0.15) is 0 Å². The number of anilines is 1. The molecular formula is C14H18ClNO4S2. The van der Waals surface area contributed by atoms with E-state index in [1.165, 1.54) is 11.8 Å². The van der Waals surface area contributed by atoms with E-state index in [2.05, 4.69) is 5.32 Å². The van der Waals surface area contributed by atoms with Gasteiger partial charge in [-0.3, -0.25) is 4.79 Å². The van der Waals surface area contributed by atoms with Gasteiger partial charge in [0.1, 0.15) is 5.75 Å². The SMILES string of the molecule is CCOc1ccc(Cl)cc1NC(=O)CS[C@H]1CCS(=O)(=O)C1. The van der Waals surface area contributed by atoms with Gasteiger partial charge >= 0.3 is 0 Å². The number of rotatable bonds is 6. The monoisotopic (exact) mass is 363 g/mol. The predicted molar refractivity (Wildman–Crippen MR) is 90.8 cm³/mol. The van der Waals surface area contributed by atoms with Gasteiger partial charge in [0, 0.05) is 10.3 Å². The van der Waals surface area contributed by atoms with Crippen LogP contribution in [0.1, 0.15) is 13.3 Å². The van der Waals surface area contributed by atoms with Gasteiger partial charge in [0.2, 0.25) is 5.91 Å². The van der Waals surface area contributed by atoms with E-state index in [1.54, 1.807) is 18.2 Å². The quantitative estimate of drug-likeness (QED) is 0.841. The lowest BCUT2D eigenvalue weighted by Crippen LogP contribution is -2.17. The summed E-state index contributed by atoms with van der Waals surface area (Å²) in [5, 5.41) is 3.27. The van der Waals surface area contributed by atoms with Crippen molar-refractivity contribution in [1.82, 2.24) is 0 Å². The van der Waals surface area contributed by atoms with Gasteiger partial charge in [-0.05, 0) is 31.5 Å². The number of sulfone groups is 1. The van der Waals surface area contributed by atoms with Crippen molar-refractivity contribution in [2.45, 2.75) is 18.6 Å². The molecule has 1 aliphatic heterocycles. The highest BCUT2D eigenvalue weighted by molar-refractivity contribution is 8.02. The largest absolute Gasteiger partial charge is 0.492 e. The maximum atomic E-state index is 12.0. The van der Waals surface area contributed by atoms with Gasteiger partial charge in [-0.15, -0.1) is 11.8 Å². The molecule has 2 rings (SSSR count). The van der Waals surface area contributed by atoms with E-state index in [9.17, 15) is 13.2 Å². The number of ether oxygens (including phenoxy) is 1. The topological polar surface area (TPSA) is 72.5 Å². The molecular weight excluding hydrogens is 346 g/mol. The lowest BCUT2D eigenvalue weighted by atomic mass is 10.3. The molecule has 1 amide bonds. The summed E-state index contributed by atoms with van der Waals surface area (Å²) >= 11 is 7.31. The third-order valence-electron chi connectivity index (χ3n) is 3.16. The van der Waals surface area contributed by atoms with Crippen molar-refractivity contribution in [3.63, 3.8) is 0 Å². The number of carbonyl (C=O) groups is 1. The fourth-order valence-corrected chi connectivity index (χ4v) is 5.77. The van der Waals surface area contributed by atoms with Gasteiger partial charge in [-0.25, -0.2) is 8.42 Å². The Labute approximate surface area is 139 Å². The van der Waals surface area contributed by atoms with E-state index >= 15 is 0 Å². The molecule has 1 heterocycles. The molecule has 5 nitrogen and oxygen atoms in total. The van der Waals surface area contributed by atoms with Crippen molar-refractivity contribution in [2.75, 3.05) is 29.2 Å². The third-order valence-corrected chi connectivity index (χ3v) is 6.67. The first-order valence-corrected chi connectivity index (χ1v) is 10.2. The maximum absolute atomic E-state index is 12.0. The number of benzene rings is 1. The van der Waals surface area contributed by atoms with Gasteiger partial charge < -0.3 is 10.1 Å². The number of nitrogens with one attached hydrogen (secondary N) is 1. The summed E-state index contributed by atoms with van der Waals surface area (Å²) in [5.74, 6) is 0.950. The van der Waals surface area contributed by atoms with Crippen molar-refractivity contribution in [2.24, 2.45) is 0 Å². The molecule has 122 valence electrons. The van der Waals surface area contributed by atoms with Crippen LogP contribution < -0.4 is 10.1 Å². The summed E-state index contributed by atoms with van der Waals surface area (Å²) in [7, 11) is -2.91. The number of hydrogen-bond donors (Lipinski definition) is 1. The van der Waals surface area contributed by atoms with Crippen LogP contribution in [0.2, 0.25) is 5.02 Å². The molecule has 1 aromatic carbocycles. The zero-order chi connectivity index (χ0) is 16.2. The number of halogens is 1. The molecule has 0 unspecified atom stereocenters. The Kier molecular flexibility index (Phi) is 6.00. The molecule has 1 fully saturated rings. The highest BCUT2D eigenvalue weighted by Gasteiger charge is 2.28. The number of carbonyl (C=O) groups excluding carboxylic acids is 1. The number of amides is 1. The maximum Gasteiger partial charge on any atom is 0.234 e. The van der Waals surface area contributed by atoms with Crippen molar-refractivity contribution < 1.29 is 17.9 Å². The average molecular weight is 364 g/mol. The zero-order valence-corrected chi connectivity index (χ0v) is 14.6. The molecule has 1 saturated heterocycles. The molecule has 0 aromatic heterocycles. The normalized spacial score (nSPS) is 19.8. The summed E-state index contributed by atoms with van der Waals surface area (Å²) in [6.07, 6.45) is 0.613. The first-order valence-electron chi connectivity index (χ1n) is 6.94. The Morgan fingerprint density at radius 3 is 2.91 bits per heavy atom. The van der Waals surface area contributed by atoms with Gasteiger partial charge in [0.05, 0.1) is 29.6 Å². The van der Waals surface area contributed by atoms with Crippen molar-refractivity contribution >= 4 is 44.8 Å². The Morgan fingerprint density at radius 1 is 1.50 bits per heavy atom. The molecule has 22 heavy (non-hydrogen) atoms. The van der Waals surface area contributed by atoms with Crippen molar-refractivity contribution in [3.8, 4) is 5.75 Å². The van der Waals surface area contributed by atoms with Crippen molar-refractivity contribution in [1.29, 1.82) is 0 Å². The van der Waals surface area contributed by atoms with Crippen LogP contribution in [0.25, 0.3) is 0 Å². The summed E-state index contributed by atoms with van der Waals surface area (Å²) in [5.41, 5.74) is 0.527. The lowest BCUT2D eigenvalue weighted by molar-refractivity contribution is -0.113. The lowest BCUT2D eigenvalue weighted by Gasteiger charge is -2.12. The molecule has 1 aromatic rings. The minimum Gasteiger partial charge on any atom is -0.492 e. The molecule has 8 heteroatoms. The molecule has 0 aliphatic carbocycles. The summed E-state index contributed by atoms with van der Waals surface area (Å²) < 4.78 is 28.2. The average Bonchev–Trinajstić information content (AvgIpc) is 2.79. The number of thioether (sulfide) groups is 1. The standard InChI is InChI=1S/C14H18ClNO4S2/c1-2-20-13-4-3-10(15)7-12(13)16-14(17)8-21-11-5-6-22(18,19)9-11/h3-4,7,11H,2,5-6,8-9H2,1H3,(H,16,17)/t11-/m0/s1. The fourth-order valence-electron chi connectivity index (χ4n) is 2.15. The van der Waals surface area contributed by atoms with E-state index < -0.39 is 9.84 Å². The second-order valence-electron chi connectivity index (χ2n) is 4.96.